The molecule has 0 aliphatic carbocycles. The molecule has 12 heteroatoms. The second-order valence-electron chi connectivity index (χ2n) is 5.58. The van der Waals surface area contributed by atoms with E-state index in [2.05, 4.69) is 10.0 Å². The van der Waals surface area contributed by atoms with Gasteiger partial charge in [0.1, 0.15) is 0 Å². The van der Waals surface area contributed by atoms with E-state index < -0.39 is 20.0 Å². The summed E-state index contributed by atoms with van der Waals surface area (Å²) in [6.45, 7) is 0.832. The maximum absolute atomic E-state index is 12.0. The molecule has 1 aliphatic heterocycles. The number of carbonyl (C=O) groups excluding carboxylic acids is 1. The summed E-state index contributed by atoms with van der Waals surface area (Å²) in [7, 11) is -6.93. The number of halogens is 1. The van der Waals surface area contributed by atoms with Gasteiger partial charge in [-0.3, -0.25) is 4.79 Å². The Labute approximate surface area is 159 Å². The smallest absolute Gasteiger partial charge is 0.240 e. The molecule has 0 radical (unpaired) electrons. The molecule has 0 bridgehead atoms. The van der Waals surface area contributed by atoms with Gasteiger partial charge in [0.15, 0.2) is 0 Å². The summed E-state index contributed by atoms with van der Waals surface area (Å²) in [6, 6.07) is 5.82. The van der Waals surface area contributed by atoms with E-state index in [4.69, 9.17) is 5.73 Å². The number of carbonyl (C=O) groups is 1. The maximum atomic E-state index is 12.0. The van der Waals surface area contributed by atoms with Gasteiger partial charge in [0.2, 0.25) is 26.0 Å². The van der Waals surface area contributed by atoms with Gasteiger partial charge in [-0.15, -0.1) is 12.4 Å². The largest absolute Gasteiger partial charge is 0.329 e. The van der Waals surface area contributed by atoms with Gasteiger partial charge in [0, 0.05) is 38.3 Å². The lowest BCUT2D eigenvalue weighted by Gasteiger charge is -2.14. The van der Waals surface area contributed by atoms with Crippen molar-refractivity contribution in [3.63, 3.8) is 0 Å². The van der Waals surface area contributed by atoms with Crippen LogP contribution < -0.4 is 15.8 Å². The number of benzene rings is 1. The van der Waals surface area contributed by atoms with Crippen molar-refractivity contribution >= 4 is 44.0 Å². The number of anilines is 1. The molecule has 148 valence electrons. The van der Waals surface area contributed by atoms with Crippen molar-refractivity contribution in [2.45, 2.75) is 17.7 Å². The fraction of sp³-hybridized carbons (Fsp3) is 0.500. The van der Waals surface area contributed by atoms with Crippen LogP contribution in [0.3, 0.4) is 0 Å². The highest BCUT2D eigenvalue weighted by Crippen LogP contribution is 2.17. The first-order chi connectivity index (χ1) is 11.7. The highest BCUT2D eigenvalue weighted by atomic mass is 35.5. The zero-order valence-electron chi connectivity index (χ0n) is 14.0. The van der Waals surface area contributed by atoms with Crippen LogP contribution in [0.4, 0.5) is 5.69 Å². The maximum Gasteiger partial charge on any atom is 0.240 e. The van der Waals surface area contributed by atoms with Crippen molar-refractivity contribution in [2.24, 2.45) is 5.73 Å². The Kier molecular flexibility index (Phi) is 8.44. The molecule has 1 saturated heterocycles. The monoisotopic (exact) mass is 426 g/mol. The zero-order valence-corrected chi connectivity index (χ0v) is 16.5. The van der Waals surface area contributed by atoms with Crippen LogP contribution in [0.1, 0.15) is 12.8 Å². The number of nitrogens with zero attached hydrogens (tertiary/aromatic N) is 1. The minimum absolute atomic E-state index is 0. The summed E-state index contributed by atoms with van der Waals surface area (Å²) in [5.41, 5.74) is 5.61. The molecule has 9 nitrogen and oxygen atoms in total. The number of sulfonamides is 2. The first-order valence-corrected chi connectivity index (χ1v) is 10.9. The third kappa shape index (κ3) is 6.18. The van der Waals surface area contributed by atoms with Crippen LogP contribution in [-0.4, -0.2) is 59.0 Å². The van der Waals surface area contributed by atoms with E-state index in [0.717, 1.165) is 0 Å². The van der Waals surface area contributed by atoms with Crippen LogP contribution in [0.15, 0.2) is 29.2 Å². The van der Waals surface area contributed by atoms with E-state index in [0.29, 0.717) is 18.7 Å². The van der Waals surface area contributed by atoms with Gasteiger partial charge in [0.05, 0.1) is 10.6 Å². The average molecular weight is 427 g/mol. The number of rotatable bonds is 8. The Balaban J connectivity index is 0.00000338. The SMILES string of the molecule is Cl.NCCNS(=O)(=O)c1cccc(NC(=O)CCN2CCCS2(=O)=O)c1. The predicted molar refractivity (Wildman–Crippen MR) is 101 cm³/mol. The van der Waals surface area contributed by atoms with Crippen LogP contribution in [0.25, 0.3) is 0 Å². The van der Waals surface area contributed by atoms with Gasteiger partial charge in [-0.1, -0.05) is 6.07 Å². The lowest BCUT2D eigenvalue weighted by Crippen LogP contribution is -2.30. The van der Waals surface area contributed by atoms with Crippen LogP contribution in [0, 0.1) is 0 Å². The molecule has 2 rings (SSSR count). The first kappa shape index (κ1) is 22.8. The quantitative estimate of drug-likeness (QED) is 0.522. The molecule has 1 fully saturated rings. The van der Waals surface area contributed by atoms with Gasteiger partial charge in [-0.05, 0) is 24.6 Å². The van der Waals surface area contributed by atoms with Gasteiger partial charge in [-0.2, -0.15) is 0 Å². The molecule has 0 unspecified atom stereocenters. The third-order valence-electron chi connectivity index (χ3n) is 3.66. The van der Waals surface area contributed by atoms with E-state index in [1.807, 2.05) is 0 Å². The molecule has 0 spiro atoms. The molecular weight excluding hydrogens is 404 g/mol. The van der Waals surface area contributed by atoms with E-state index in [-0.39, 0.29) is 55.0 Å². The van der Waals surface area contributed by atoms with E-state index in [9.17, 15) is 21.6 Å². The molecule has 0 aromatic heterocycles. The second kappa shape index (κ2) is 9.62. The summed E-state index contributed by atoms with van der Waals surface area (Å²) in [4.78, 5) is 12.0. The third-order valence-corrected chi connectivity index (χ3v) is 7.07. The minimum atomic E-state index is -3.69. The Morgan fingerprint density at radius 3 is 2.65 bits per heavy atom. The Hall–Kier alpha value is -1.24. The number of hydrogen-bond donors (Lipinski definition) is 3. The van der Waals surface area contributed by atoms with Crippen molar-refractivity contribution in [1.82, 2.24) is 9.03 Å². The molecule has 26 heavy (non-hydrogen) atoms. The van der Waals surface area contributed by atoms with Crippen molar-refractivity contribution in [2.75, 3.05) is 37.2 Å². The van der Waals surface area contributed by atoms with Crippen LogP contribution in [0.2, 0.25) is 0 Å². The van der Waals surface area contributed by atoms with Gasteiger partial charge >= 0.3 is 0 Å². The molecule has 4 N–H and O–H groups in total. The van der Waals surface area contributed by atoms with Gasteiger partial charge in [-0.25, -0.2) is 25.9 Å². The zero-order chi connectivity index (χ0) is 18.5. The van der Waals surface area contributed by atoms with Gasteiger partial charge in [0.25, 0.3) is 0 Å². The molecule has 1 heterocycles. The fourth-order valence-corrected chi connectivity index (χ4v) is 5.03. The van der Waals surface area contributed by atoms with Crippen molar-refractivity contribution in [1.29, 1.82) is 0 Å². The summed E-state index contributed by atoms with van der Waals surface area (Å²) in [6.07, 6.45) is 0.571. The summed E-state index contributed by atoms with van der Waals surface area (Å²) < 4.78 is 51.1. The average Bonchev–Trinajstić information content (AvgIpc) is 2.90. The number of nitrogens with one attached hydrogen (secondary N) is 2. The normalized spacial score (nSPS) is 16.8. The van der Waals surface area contributed by atoms with Crippen molar-refractivity contribution in [3.05, 3.63) is 24.3 Å². The Morgan fingerprint density at radius 1 is 1.31 bits per heavy atom. The number of nitrogens with two attached hydrogens (primary N) is 1. The lowest BCUT2D eigenvalue weighted by molar-refractivity contribution is -0.116. The summed E-state index contributed by atoms with van der Waals surface area (Å²) >= 11 is 0. The summed E-state index contributed by atoms with van der Waals surface area (Å²) in [5, 5.41) is 2.58. The molecule has 1 aromatic carbocycles. The van der Waals surface area contributed by atoms with Crippen molar-refractivity contribution in [3.8, 4) is 0 Å². The van der Waals surface area contributed by atoms with Crippen LogP contribution in [0.5, 0.6) is 0 Å². The van der Waals surface area contributed by atoms with Crippen LogP contribution >= 0.6 is 12.4 Å². The number of hydrogen-bond acceptors (Lipinski definition) is 6. The number of amides is 1. The highest BCUT2D eigenvalue weighted by molar-refractivity contribution is 7.89. The molecular formula is C14H23ClN4O5S2. The Bertz CT molecular complexity index is 829. The highest BCUT2D eigenvalue weighted by Gasteiger charge is 2.28. The molecule has 1 aromatic rings. The molecule has 0 atom stereocenters. The van der Waals surface area contributed by atoms with E-state index in [1.165, 1.54) is 22.5 Å². The molecule has 1 amide bonds. The standard InChI is InChI=1S/C14H22N4O5S2.ClH/c15-6-7-16-25(22,23)13-4-1-3-12(11-13)17-14(19)5-9-18-8-2-10-24(18,20)21;/h1,3-4,11,16H,2,5-10,15H2,(H,17,19);1H. The van der Waals surface area contributed by atoms with E-state index >= 15 is 0 Å². The fourth-order valence-electron chi connectivity index (χ4n) is 2.41. The Morgan fingerprint density at radius 2 is 2.04 bits per heavy atom. The lowest BCUT2D eigenvalue weighted by atomic mass is 10.3. The second-order valence-corrected chi connectivity index (χ2v) is 9.44. The summed E-state index contributed by atoms with van der Waals surface area (Å²) in [5.74, 6) is -0.267. The van der Waals surface area contributed by atoms with Crippen molar-refractivity contribution < 1.29 is 21.6 Å². The predicted octanol–water partition coefficient (Wildman–Crippen LogP) is -0.290. The minimum Gasteiger partial charge on any atom is -0.329 e. The topological polar surface area (TPSA) is 139 Å². The van der Waals surface area contributed by atoms with Gasteiger partial charge < -0.3 is 11.1 Å². The molecule has 1 aliphatic rings. The van der Waals surface area contributed by atoms with Crippen LogP contribution in [-0.2, 0) is 24.8 Å². The first-order valence-electron chi connectivity index (χ1n) is 7.82. The molecule has 0 saturated carbocycles. The van der Waals surface area contributed by atoms with E-state index in [1.54, 1.807) is 6.07 Å².